The van der Waals surface area contributed by atoms with Crippen LogP contribution in [0.4, 0.5) is 0 Å². The summed E-state index contributed by atoms with van der Waals surface area (Å²) in [6.45, 7) is 3.60. The molecule has 0 spiro atoms. The van der Waals surface area contributed by atoms with Gasteiger partial charge in [0.05, 0.1) is 31.4 Å². The van der Waals surface area contributed by atoms with E-state index in [1.165, 1.54) is 22.2 Å². The predicted molar refractivity (Wildman–Crippen MR) is 149 cm³/mol. The van der Waals surface area contributed by atoms with Gasteiger partial charge in [0, 0.05) is 6.42 Å². The Morgan fingerprint density at radius 2 is 1.95 bits per heavy atom. The van der Waals surface area contributed by atoms with E-state index in [9.17, 15) is 14.7 Å². The average molecular weight is 662 g/mol. The van der Waals surface area contributed by atoms with Crippen molar-refractivity contribution in [3.8, 4) is 5.75 Å². The Balaban J connectivity index is 1.58. The Kier molecular flexibility index (Phi) is 7.60. The Hall–Kier alpha value is -3.15. The lowest BCUT2D eigenvalue weighted by atomic mass is 10.0. The predicted octanol–water partition coefficient (Wildman–Crippen LogP) is 4.44. The molecule has 0 radical (unpaired) electrons. The molecule has 0 saturated carbocycles. The number of benzene rings is 2. The Bertz CT molecular complexity index is 1640. The number of allylic oxidation sites excluding steroid dienone is 2. The van der Waals surface area contributed by atoms with Gasteiger partial charge in [0.15, 0.2) is 10.6 Å². The summed E-state index contributed by atoms with van der Waals surface area (Å²) in [7, 11) is 0. The fraction of sp³-hybridized carbons (Fsp3) is 0.222. The van der Waals surface area contributed by atoms with Gasteiger partial charge in [0.1, 0.15) is 18.1 Å². The second kappa shape index (κ2) is 10.9. The molecule has 196 valence electrons. The minimum atomic E-state index is -0.897. The first kappa shape index (κ1) is 26.5. The van der Waals surface area contributed by atoms with Crippen LogP contribution in [0.3, 0.4) is 0 Å². The minimum absolute atomic E-state index is 0.0636. The summed E-state index contributed by atoms with van der Waals surface area (Å²) < 4.78 is 20.1. The van der Waals surface area contributed by atoms with E-state index in [0.29, 0.717) is 41.7 Å². The molecule has 2 atom stereocenters. The number of phenols is 1. The molecule has 2 aromatic carbocycles. The SMILES string of the molecule is CCOC(=O)C1=C(C)N=c2sc(=Cc3cc(Br)c(O)c(Br)c3)c(=O)n2C1C1=COC(Cc2ccccc2)O1. The van der Waals surface area contributed by atoms with Gasteiger partial charge in [-0.25, -0.2) is 9.79 Å². The molecule has 2 unspecified atom stereocenters. The van der Waals surface area contributed by atoms with Crippen LogP contribution in [-0.4, -0.2) is 28.5 Å². The molecule has 0 bridgehead atoms. The zero-order valence-electron chi connectivity index (χ0n) is 20.3. The lowest BCUT2D eigenvalue weighted by Gasteiger charge is -2.24. The van der Waals surface area contributed by atoms with Crippen molar-refractivity contribution < 1.29 is 24.1 Å². The maximum Gasteiger partial charge on any atom is 0.338 e. The van der Waals surface area contributed by atoms with Gasteiger partial charge in [0.25, 0.3) is 5.56 Å². The normalized spacial score (nSPS) is 18.8. The van der Waals surface area contributed by atoms with E-state index < -0.39 is 18.3 Å². The fourth-order valence-electron chi connectivity index (χ4n) is 4.26. The van der Waals surface area contributed by atoms with Crippen molar-refractivity contribution in [2.24, 2.45) is 4.99 Å². The van der Waals surface area contributed by atoms with Gasteiger partial charge in [-0.3, -0.25) is 9.36 Å². The number of fused-ring (bicyclic) bond motifs is 1. The number of hydrogen-bond donors (Lipinski definition) is 1. The third-order valence-electron chi connectivity index (χ3n) is 5.97. The van der Waals surface area contributed by atoms with Crippen LogP contribution in [-0.2, 0) is 25.4 Å². The number of thiazole rings is 1. The molecule has 38 heavy (non-hydrogen) atoms. The smallest absolute Gasteiger partial charge is 0.338 e. The number of aromatic nitrogens is 1. The molecule has 2 aliphatic heterocycles. The molecular formula is C27H22Br2N2O6S. The maximum atomic E-state index is 13.7. The minimum Gasteiger partial charge on any atom is -0.506 e. The van der Waals surface area contributed by atoms with Gasteiger partial charge in [-0.1, -0.05) is 41.7 Å². The topological polar surface area (TPSA) is 99.4 Å². The molecule has 0 fully saturated rings. The Morgan fingerprint density at radius 1 is 1.24 bits per heavy atom. The number of carbonyl (C=O) groups is 1. The van der Waals surface area contributed by atoms with Crippen LogP contribution in [0.5, 0.6) is 5.75 Å². The van der Waals surface area contributed by atoms with Crippen LogP contribution in [0.15, 0.2) is 84.5 Å². The van der Waals surface area contributed by atoms with Crippen LogP contribution in [0.2, 0.25) is 0 Å². The highest BCUT2D eigenvalue weighted by molar-refractivity contribution is 9.11. The van der Waals surface area contributed by atoms with Gasteiger partial charge in [-0.15, -0.1) is 0 Å². The van der Waals surface area contributed by atoms with Crippen molar-refractivity contribution in [3.63, 3.8) is 0 Å². The molecule has 1 N–H and O–H groups in total. The van der Waals surface area contributed by atoms with Crippen LogP contribution >= 0.6 is 43.2 Å². The maximum absolute atomic E-state index is 13.7. The van der Waals surface area contributed by atoms with Gasteiger partial charge in [0.2, 0.25) is 6.29 Å². The van der Waals surface area contributed by atoms with Crippen molar-refractivity contribution in [2.45, 2.75) is 32.6 Å². The number of hydrogen-bond acceptors (Lipinski definition) is 8. The first-order chi connectivity index (χ1) is 18.3. The van der Waals surface area contributed by atoms with Crippen LogP contribution in [0, 0.1) is 0 Å². The first-order valence-electron chi connectivity index (χ1n) is 11.7. The summed E-state index contributed by atoms with van der Waals surface area (Å²) in [5.74, 6) is -0.185. The quantitative estimate of drug-likeness (QED) is 0.393. The monoisotopic (exact) mass is 660 g/mol. The summed E-state index contributed by atoms with van der Waals surface area (Å²) in [5, 5.41) is 10.0. The van der Waals surface area contributed by atoms with Gasteiger partial charge in [-0.05, 0) is 75.0 Å². The third kappa shape index (κ3) is 5.10. The summed E-state index contributed by atoms with van der Waals surface area (Å²) in [6.07, 6.45) is 3.05. The summed E-state index contributed by atoms with van der Waals surface area (Å²) in [6, 6.07) is 12.3. The number of rotatable bonds is 6. The second-order valence-electron chi connectivity index (χ2n) is 8.53. The number of nitrogens with zero attached hydrogens (tertiary/aromatic N) is 2. The zero-order valence-corrected chi connectivity index (χ0v) is 24.3. The van der Waals surface area contributed by atoms with Crippen molar-refractivity contribution in [1.82, 2.24) is 4.57 Å². The number of esters is 1. The van der Waals surface area contributed by atoms with Gasteiger partial charge < -0.3 is 19.3 Å². The standard InChI is InChI=1S/C27H22Br2N2O6S/c1-3-35-26(34)22-14(2)30-27-31(23(22)19-13-36-21(37-19)12-15-7-5-4-6-8-15)25(33)20(38-27)11-16-9-17(28)24(32)18(29)10-16/h4-11,13,21,23,32H,3,12H2,1-2H3. The number of halogens is 2. The van der Waals surface area contributed by atoms with Crippen molar-refractivity contribution in [1.29, 1.82) is 0 Å². The lowest BCUT2D eigenvalue weighted by molar-refractivity contribution is -0.139. The van der Waals surface area contributed by atoms with Crippen molar-refractivity contribution in [3.05, 3.63) is 106 Å². The van der Waals surface area contributed by atoms with E-state index in [-0.39, 0.29) is 23.5 Å². The molecule has 5 rings (SSSR count). The zero-order chi connectivity index (χ0) is 27.0. The molecule has 11 heteroatoms. The highest BCUT2D eigenvalue weighted by Gasteiger charge is 2.39. The number of carbonyl (C=O) groups excluding carboxylic acids is 1. The summed E-state index contributed by atoms with van der Waals surface area (Å²) in [4.78, 5) is 31.8. The Morgan fingerprint density at radius 3 is 2.63 bits per heavy atom. The van der Waals surface area contributed by atoms with E-state index in [4.69, 9.17) is 14.2 Å². The Labute approximate surface area is 238 Å². The number of aromatic hydroxyl groups is 1. The molecule has 2 aliphatic rings. The van der Waals surface area contributed by atoms with Gasteiger partial charge >= 0.3 is 5.97 Å². The lowest BCUT2D eigenvalue weighted by Crippen LogP contribution is -2.40. The van der Waals surface area contributed by atoms with Crippen LogP contribution in [0.1, 0.15) is 31.0 Å². The summed E-state index contributed by atoms with van der Waals surface area (Å²) in [5.41, 5.74) is 2.03. The van der Waals surface area contributed by atoms with E-state index in [2.05, 4.69) is 36.9 Å². The van der Waals surface area contributed by atoms with Crippen LogP contribution in [0.25, 0.3) is 6.08 Å². The largest absolute Gasteiger partial charge is 0.506 e. The molecule has 1 aromatic heterocycles. The molecule has 0 saturated heterocycles. The van der Waals surface area contributed by atoms with Crippen molar-refractivity contribution >= 4 is 55.2 Å². The molecule has 3 heterocycles. The molecule has 0 amide bonds. The second-order valence-corrected chi connectivity index (χ2v) is 11.2. The van der Waals surface area contributed by atoms with E-state index in [0.717, 1.165) is 5.56 Å². The summed E-state index contributed by atoms with van der Waals surface area (Å²) >= 11 is 7.84. The van der Waals surface area contributed by atoms with E-state index in [1.807, 2.05) is 30.3 Å². The molecule has 3 aromatic rings. The molecular weight excluding hydrogens is 640 g/mol. The van der Waals surface area contributed by atoms with E-state index in [1.54, 1.807) is 32.1 Å². The molecule has 0 aliphatic carbocycles. The average Bonchev–Trinajstić information content (AvgIpc) is 3.46. The van der Waals surface area contributed by atoms with Gasteiger partial charge in [-0.2, -0.15) is 0 Å². The van der Waals surface area contributed by atoms with Crippen LogP contribution < -0.4 is 14.9 Å². The highest BCUT2D eigenvalue weighted by Crippen LogP contribution is 2.36. The number of ether oxygens (including phenoxy) is 3. The highest BCUT2D eigenvalue weighted by atomic mass is 79.9. The fourth-order valence-corrected chi connectivity index (χ4v) is 6.52. The van der Waals surface area contributed by atoms with E-state index >= 15 is 0 Å². The van der Waals surface area contributed by atoms with Crippen molar-refractivity contribution in [2.75, 3.05) is 6.61 Å². The third-order valence-corrected chi connectivity index (χ3v) is 8.16. The first-order valence-corrected chi connectivity index (χ1v) is 14.1. The molecule has 8 nitrogen and oxygen atoms in total. The number of phenolic OH excluding ortho intramolecular Hbond substituents is 1.